The van der Waals surface area contributed by atoms with Crippen molar-refractivity contribution in [3.63, 3.8) is 0 Å². The van der Waals surface area contributed by atoms with Gasteiger partial charge in [0.15, 0.2) is 0 Å². The number of aryl methyl sites for hydroxylation is 2. The summed E-state index contributed by atoms with van der Waals surface area (Å²) in [5.41, 5.74) is 4.45. The minimum atomic E-state index is 0.109. The Morgan fingerprint density at radius 3 is 1.65 bits per heavy atom. The van der Waals surface area contributed by atoms with E-state index in [4.69, 9.17) is 0 Å². The molecule has 0 aliphatic rings. The van der Waals surface area contributed by atoms with E-state index in [1.807, 2.05) is 86.6 Å². The molecule has 0 aliphatic carbocycles. The molecular formula is C29H28N4O2S2. The highest BCUT2D eigenvalue weighted by Gasteiger charge is 2.11. The van der Waals surface area contributed by atoms with Crippen molar-refractivity contribution in [3.05, 3.63) is 96.1 Å². The lowest BCUT2D eigenvalue weighted by Gasteiger charge is -2.13. The smallest absolute Gasteiger partial charge is 0.143 e. The highest BCUT2D eigenvalue weighted by atomic mass is 32.2. The van der Waals surface area contributed by atoms with Gasteiger partial charge in [-0.2, -0.15) is 0 Å². The Kier molecular flexibility index (Phi) is 8.98. The van der Waals surface area contributed by atoms with Gasteiger partial charge in [0, 0.05) is 20.8 Å². The fourth-order valence-corrected chi connectivity index (χ4v) is 5.54. The number of benzene rings is 4. The van der Waals surface area contributed by atoms with Gasteiger partial charge in [0.1, 0.15) is 22.9 Å². The molecule has 0 amide bonds. The maximum absolute atomic E-state index is 10.1. The molecule has 0 aromatic heterocycles. The second kappa shape index (κ2) is 12.6. The highest BCUT2D eigenvalue weighted by molar-refractivity contribution is 8.03. The van der Waals surface area contributed by atoms with Gasteiger partial charge in [0.2, 0.25) is 0 Å². The van der Waals surface area contributed by atoms with Crippen LogP contribution in [0.2, 0.25) is 0 Å². The van der Waals surface area contributed by atoms with Crippen LogP contribution in [0.5, 0.6) is 11.5 Å². The first-order valence-corrected chi connectivity index (χ1v) is 13.7. The van der Waals surface area contributed by atoms with E-state index >= 15 is 0 Å². The van der Waals surface area contributed by atoms with Gasteiger partial charge in [0.25, 0.3) is 0 Å². The Hall–Kier alpha value is -3.62. The van der Waals surface area contributed by atoms with Crippen molar-refractivity contribution in [1.82, 2.24) is 0 Å². The van der Waals surface area contributed by atoms with E-state index in [0.717, 1.165) is 38.0 Å². The van der Waals surface area contributed by atoms with Gasteiger partial charge in [-0.1, -0.05) is 43.3 Å². The van der Waals surface area contributed by atoms with Crippen molar-refractivity contribution in [2.45, 2.75) is 35.8 Å². The summed E-state index contributed by atoms with van der Waals surface area (Å²) in [4.78, 5) is 2.04. The summed E-state index contributed by atoms with van der Waals surface area (Å²) < 4.78 is 0. The molecule has 0 radical (unpaired) electrons. The molecule has 1 atom stereocenters. The van der Waals surface area contributed by atoms with Crippen LogP contribution in [-0.2, 0) is 0 Å². The van der Waals surface area contributed by atoms with E-state index in [1.54, 1.807) is 35.7 Å². The Bertz CT molecular complexity index is 1440. The van der Waals surface area contributed by atoms with Crippen LogP contribution in [-0.4, -0.2) is 21.2 Å². The summed E-state index contributed by atoms with van der Waals surface area (Å²) in [6, 6.07) is 26.3. The van der Waals surface area contributed by atoms with Gasteiger partial charge in [-0.05, 0) is 73.5 Å². The third-order valence-corrected chi connectivity index (χ3v) is 8.03. The Morgan fingerprint density at radius 1 is 0.622 bits per heavy atom. The highest BCUT2D eigenvalue weighted by Crippen LogP contribution is 2.38. The van der Waals surface area contributed by atoms with Crippen LogP contribution in [0.15, 0.2) is 115 Å². The normalized spacial score (nSPS) is 12.4. The topological polar surface area (TPSA) is 89.9 Å². The number of phenolic OH excluding ortho intramolecular Hbond substituents is 2. The number of azo groups is 2. The number of thioether (sulfide) groups is 2. The molecule has 0 aliphatic heterocycles. The standard InChI is InChI=1S/C29H28N4O2S2/c1-19-12-14-26(34)24(16-19)32-30-22-8-4-6-10-28(22)36-18-21(3)37-29-11-7-5-9-23(29)31-33-25-17-20(2)13-15-27(25)35/h4-17,21,34-35H,18H2,1-3H3. The van der Waals surface area contributed by atoms with E-state index in [2.05, 4.69) is 27.4 Å². The van der Waals surface area contributed by atoms with E-state index in [-0.39, 0.29) is 16.7 Å². The minimum absolute atomic E-state index is 0.109. The molecular weight excluding hydrogens is 500 g/mol. The van der Waals surface area contributed by atoms with Gasteiger partial charge in [-0.3, -0.25) is 0 Å². The molecule has 6 nitrogen and oxygen atoms in total. The molecule has 37 heavy (non-hydrogen) atoms. The van der Waals surface area contributed by atoms with E-state index in [0.29, 0.717) is 11.4 Å². The molecule has 1 unspecified atom stereocenters. The maximum atomic E-state index is 10.1. The molecule has 188 valence electrons. The molecule has 0 saturated carbocycles. The van der Waals surface area contributed by atoms with E-state index in [9.17, 15) is 10.2 Å². The number of hydrogen-bond acceptors (Lipinski definition) is 8. The van der Waals surface area contributed by atoms with Gasteiger partial charge >= 0.3 is 0 Å². The van der Waals surface area contributed by atoms with Crippen LogP contribution in [0.3, 0.4) is 0 Å². The first-order valence-electron chi connectivity index (χ1n) is 11.8. The van der Waals surface area contributed by atoms with Crippen molar-refractivity contribution >= 4 is 46.3 Å². The average molecular weight is 529 g/mol. The fraction of sp³-hybridized carbons (Fsp3) is 0.172. The summed E-state index contributed by atoms with van der Waals surface area (Å²) in [6.45, 7) is 6.08. The van der Waals surface area contributed by atoms with Crippen molar-refractivity contribution < 1.29 is 10.2 Å². The number of phenols is 2. The van der Waals surface area contributed by atoms with Crippen LogP contribution in [0.4, 0.5) is 22.7 Å². The lowest BCUT2D eigenvalue weighted by Crippen LogP contribution is -1.99. The van der Waals surface area contributed by atoms with Crippen LogP contribution in [0.1, 0.15) is 18.1 Å². The predicted octanol–water partition coefficient (Wildman–Crippen LogP) is 9.82. The van der Waals surface area contributed by atoms with Gasteiger partial charge in [0.05, 0.1) is 11.4 Å². The molecule has 0 saturated heterocycles. The summed E-state index contributed by atoms with van der Waals surface area (Å²) in [5, 5.41) is 37.8. The minimum Gasteiger partial charge on any atom is -0.506 e. The molecule has 2 N–H and O–H groups in total. The number of nitrogens with zero attached hydrogens (tertiary/aromatic N) is 4. The number of rotatable bonds is 9. The first-order chi connectivity index (χ1) is 17.9. The first kappa shape index (κ1) is 26.4. The zero-order valence-corrected chi connectivity index (χ0v) is 22.5. The number of hydrogen-bond donors (Lipinski definition) is 2. The molecule has 8 heteroatoms. The zero-order chi connectivity index (χ0) is 26.2. The van der Waals surface area contributed by atoms with E-state index in [1.165, 1.54) is 0 Å². The lowest BCUT2D eigenvalue weighted by atomic mass is 10.2. The second-order valence-corrected chi connectivity index (χ2v) is 11.1. The van der Waals surface area contributed by atoms with Gasteiger partial charge < -0.3 is 10.2 Å². The second-order valence-electron chi connectivity index (χ2n) is 8.56. The average Bonchev–Trinajstić information content (AvgIpc) is 2.89. The summed E-state index contributed by atoms with van der Waals surface area (Å²) in [6.07, 6.45) is 0. The van der Waals surface area contributed by atoms with Crippen molar-refractivity contribution in [1.29, 1.82) is 0 Å². The summed E-state index contributed by atoms with van der Waals surface area (Å²) in [7, 11) is 0. The Labute approximate surface area is 225 Å². The largest absolute Gasteiger partial charge is 0.506 e. The summed E-state index contributed by atoms with van der Waals surface area (Å²) in [5.74, 6) is 1.06. The zero-order valence-electron chi connectivity index (χ0n) is 20.9. The van der Waals surface area contributed by atoms with Crippen LogP contribution in [0.25, 0.3) is 0 Å². The monoisotopic (exact) mass is 528 g/mol. The molecule has 4 rings (SSSR count). The number of aromatic hydroxyl groups is 2. The van der Waals surface area contributed by atoms with Crippen LogP contribution < -0.4 is 0 Å². The quantitative estimate of drug-likeness (QED) is 0.167. The SMILES string of the molecule is Cc1ccc(O)c(N=Nc2ccccc2SCC(C)Sc2ccccc2N=Nc2cc(C)ccc2O)c1. The Balaban J connectivity index is 1.43. The fourth-order valence-electron chi connectivity index (χ4n) is 3.40. The Morgan fingerprint density at radius 2 is 1.08 bits per heavy atom. The molecule has 0 bridgehead atoms. The lowest BCUT2D eigenvalue weighted by molar-refractivity contribution is 0.475. The van der Waals surface area contributed by atoms with Crippen molar-refractivity contribution in [2.24, 2.45) is 20.5 Å². The molecule has 0 fully saturated rings. The van der Waals surface area contributed by atoms with Crippen molar-refractivity contribution in [3.8, 4) is 11.5 Å². The predicted molar refractivity (Wildman–Crippen MR) is 153 cm³/mol. The molecule has 4 aromatic rings. The van der Waals surface area contributed by atoms with Crippen molar-refractivity contribution in [2.75, 3.05) is 5.75 Å². The van der Waals surface area contributed by atoms with E-state index < -0.39 is 0 Å². The molecule has 4 aromatic carbocycles. The maximum Gasteiger partial charge on any atom is 0.143 e. The molecule has 0 heterocycles. The molecule has 0 spiro atoms. The van der Waals surface area contributed by atoms with Crippen LogP contribution >= 0.6 is 23.5 Å². The van der Waals surface area contributed by atoms with Crippen LogP contribution in [0, 0.1) is 13.8 Å². The van der Waals surface area contributed by atoms with Gasteiger partial charge in [-0.15, -0.1) is 44.0 Å². The summed E-state index contributed by atoms with van der Waals surface area (Å²) >= 11 is 3.44. The third-order valence-electron chi connectivity index (χ3n) is 5.32. The third kappa shape index (κ3) is 7.44. The van der Waals surface area contributed by atoms with Gasteiger partial charge in [-0.25, -0.2) is 0 Å².